The summed E-state index contributed by atoms with van der Waals surface area (Å²) in [6.45, 7) is 6.22. The predicted molar refractivity (Wildman–Crippen MR) is 120 cm³/mol. The smallest absolute Gasteiger partial charge is 0.344 e. The molecule has 0 bridgehead atoms. The maximum absolute atomic E-state index is 13.1. The molecule has 4 rings (SSSR count). The number of ether oxygens (including phenoxy) is 2. The molecule has 1 fully saturated rings. The van der Waals surface area contributed by atoms with Crippen molar-refractivity contribution in [3.8, 4) is 0 Å². The number of aromatic nitrogens is 1. The molecule has 166 valence electrons. The second kappa shape index (κ2) is 9.37. The molecular weight excluding hydrogens is 390 g/mol. The summed E-state index contributed by atoms with van der Waals surface area (Å²) >= 11 is 0. The molecule has 0 radical (unpaired) electrons. The molecule has 2 aromatic rings. The van der Waals surface area contributed by atoms with Crippen LogP contribution in [0.4, 0.5) is 0 Å². The van der Waals surface area contributed by atoms with Crippen LogP contribution in [0.25, 0.3) is 10.9 Å². The minimum absolute atomic E-state index is 0.0931. The first-order chi connectivity index (χ1) is 14.9. The Morgan fingerprint density at radius 2 is 1.90 bits per heavy atom. The lowest BCUT2D eigenvalue weighted by Gasteiger charge is -2.36. The van der Waals surface area contributed by atoms with Crippen molar-refractivity contribution in [3.63, 3.8) is 0 Å². The number of pyridine rings is 1. The molecule has 2 aliphatic carbocycles. The summed E-state index contributed by atoms with van der Waals surface area (Å²) in [6, 6.07) is 7.66. The summed E-state index contributed by atoms with van der Waals surface area (Å²) < 4.78 is 11.3. The third kappa shape index (κ3) is 4.76. The van der Waals surface area contributed by atoms with E-state index < -0.39 is 11.9 Å². The van der Waals surface area contributed by atoms with Gasteiger partial charge in [-0.3, -0.25) is 4.98 Å². The van der Waals surface area contributed by atoms with E-state index in [4.69, 9.17) is 14.5 Å². The first kappa shape index (κ1) is 21.8. The van der Waals surface area contributed by atoms with Gasteiger partial charge in [0.1, 0.15) is 6.10 Å². The van der Waals surface area contributed by atoms with Gasteiger partial charge < -0.3 is 9.47 Å². The van der Waals surface area contributed by atoms with Crippen molar-refractivity contribution in [1.29, 1.82) is 0 Å². The van der Waals surface area contributed by atoms with Crippen LogP contribution >= 0.6 is 0 Å². The van der Waals surface area contributed by atoms with Crippen LogP contribution in [0, 0.1) is 17.8 Å². The molecule has 5 nitrogen and oxygen atoms in total. The van der Waals surface area contributed by atoms with E-state index in [0.717, 1.165) is 60.7 Å². The SMILES string of the molecule is CC(C)[C@@H]1CC[C@@H](C)C[C@@H]1OC(=O)COC(=O)c1c2c(nc3ccccc13)CCCC2. The lowest BCUT2D eigenvalue weighted by Crippen LogP contribution is -2.36. The molecule has 1 aromatic carbocycles. The van der Waals surface area contributed by atoms with Gasteiger partial charge in [0.2, 0.25) is 0 Å². The zero-order chi connectivity index (χ0) is 22.0. The number of nitrogens with zero attached hydrogens (tertiary/aromatic N) is 1. The molecule has 0 spiro atoms. The number of aryl methyl sites for hydroxylation is 1. The third-order valence-electron chi connectivity index (χ3n) is 6.94. The summed E-state index contributed by atoms with van der Waals surface area (Å²) in [5.41, 5.74) is 3.33. The molecule has 1 aromatic heterocycles. The fourth-order valence-corrected chi connectivity index (χ4v) is 5.26. The molecule has 5 heteroatoms. The molecule has 0 saturated heterocycles. The van der Waals surface area contributed by atoms with Gasteiger partial charge in [0.25, 0.3) is 0 Å². The van der Waals surface area contributed by atoms with Crippen LogP contribution in [0.15, 0.2) is 24.3 Å². The van der Waals surface area contributed by atoms with Crippen LogP contribution in [0.3, 0.4) is 0 Å². The van der Waals surface area contributed by atoms with E-state index in [-0.39, 0.29) is 12.7 Å². The van der Waals surface area contributed by atoms with Gasteiger partial charge in [-0.2, -0.15) is 0 Å². The average Bonchev–Trinajstić information content (AvgIpc) is 2.75. The molecule has 0 aliphatic heterocycles. The van der Waals surface area contributed by atoms with Crippen LogP contribution < -0.4 is 0 Å². The average molecular weight is 424 g/mol. The largest absolute Gasteiger partial charge is 0.460 e. The number of benzene rings is 1. The van der Waals surface area contributed by atoms with Gasteiger partial charge in [-0.15, -0.1) is 0 Å². The van der Waals surface area contributed by atoms with E-state index in [0.29, 0.717) is 23.3 Å². The molecule has 0 unspecified atom stereocenters. The molecule has 1 saturated carbocycles. The fraction of sp³-hybridized carbons (Fsp3) is 0.577. The molecule has 0 N–H and O–H groups in total. The van der Waals surface area contributed by atoms with E-state index in [1.54, 1.807) is 0 Å². The predicted octanol–water partition coefficient (Wildman–Crippen LogP) is 5.27. The second-order valence-corrected chi connectivity index (χ2v) is 9.57. The van der Waals surface area contributed by atoms with Gasteiger partial charge in [-0.05, 0) is 67.9 Å². The minimum Gasteiger partial charge on any atom is -0.460 e. The van der Waals surface area contributed by atoms with Crippen LogP contribution in [0.5, 0.6) is 0 Å². The number of carbonyl (C=O) groups is 2. The van der Waals surface area contributed by atoms with Crippen molar-refractivity contribution >= 4 is 22.8 Å². The monoisotopic (exact) mass is 423 g/mol. The number of hydrogen-bond acceptors (Lipinski definition) is 5. The zero-order valence-electron chi connectivity index (χ0n) is 18.9. The van der Waals surface area contributed by atoms with E-state index in [1.807, 2.05) is 24.3 Å². The second-order valence-electron chi connectivity index (χ2n) is 9.57. The lowest BCUT2D eigenvalue weighted by atomic mass is 9.75. The highest BCUT2D eigenvalue weighted by atomic mass is 16.6. The Morgan fingerprint density at radius 1 is 1.13 bits per heavy atom. The molecule has 3 atom stereocenters. The van der Waals surface area contributed by atoms with Gasteiger partial charge >= 0.3 is 11.9 Å². The van der Waals surface area contributed by atoms with Crippen LogP contribution in [0.2, 0.25) is 0 Å². The van der Waals surface area contributed by atoms with Crippen molar-refractivity contribution < 1.29 is 19.1 Å². The van der Waals surface area contributed by atoms with Crippen molar-refractivity contribution in [2.45, 2.75) is 71.8 Å². The molecule has 31 heavy (non-hydrogen) atoms. The van der Waals surface area contributed by atoms with Gasteiger partial charge in [0.15, 0.2) is 6.61 Å². The lowest BCUT2D eigenvalue weighted by molar-refractivity contribution is -0.159. The van der Waals surface area contributed by atoms with Crippen molar-refractivity contribution in [2.24, 2.45) is 17.8 Å². The number of fused-ring (bicyclic) bond motifs is 2. The Labute approximate surface area is 184 Å². The van der Waals surface area contributed by atoms with E-state index >= 15 is 0 Å². The molecule has 0 amide bonds. The van der Waals surface area contributed by atoms with Crippen LogP contribution in [-0.2, 0) is 27.1 Å². The minimum atomic E-state index is -0.453. The number of para-hydroxylation sites is 1. The standard InChI is InChI=1S/C26H33NO4/c1-16(2)18-13-12-17(3)14-23(18)31-24(28)15-30-26(29)25-19-8-4-6-10-21(19)27-22-11-7-5-9-20(22)25/h4,6,8,10,16-18,23H,5,7,9,11-15H2,1-3H3/t17-,18+,23+/m1/s1. The highest BCUT2D eigenvalue weighted by Crippen LogP contribution is 2.35. The summed E-state index contributed by atoms with van der Waals surface area (Å²) in [5.74, 6) is 0.469. The molecule has 1 heterocycles. The number of carbonyl (C=O) groups excluding carboxylic acids is 2. The number of hydrogen-bond donors (Lipinski definition) is 0. The number of esters is 2. The van der Waals surface area contributed by atoms with E-state index in [2.05, 4.69) is 20.8 Å². The summed E-state index contributed by atoms with van der Waals surface area (Å²) in [5, 5.41) is 0.794. The van der Waals surface area contributed by atoms with Crippen LogP contribution in [0.1, 0.15) is 74.5 Å². The first-order valence-electron chi connectivity index (χ1n) is 11.7. The number of rotatable bonds is 5. The quantitative estimate of drug-likeness (QED) is 0.613. The Morgan fingerprint density at radius 3 is 2.71 bits per heavy atom. The fourth-order valence-electron chi connectivity index (χ4n) is 5.26. The highest BCUT2D eigenvalue weighted by Gasteiger charge is 2.33. The normalized spacial score (nSPS) is 23.4. The molecule has 2 aliphatic rings. The van der Waals surface area contributed by atoms with Crippen LogP contribution in [-0.4, -0.2) is 29.6 Å². The summed E-state index contributed by atoms with van der Waals surface area (Å²) in [6.07, 6.45) is 6.84. The van der Waals surface area contributed by atoms with E-state index in [1.165, 1.54) is 6.42 Å². The Hall–Kier alpha value is -2.43. The van der Waals surface area contributed by atoms with Gasteiger partial charge in [0.05, 0.1) is 11.1 Å². The van der Waals surface area contributed by atoms with Crippen molar-refractivity contribution in [1.82, 2.24) is 4.98 Å². The maximum atomic E-state index is 13.1. The zero-order valence-corrected chi connectivity index (χ0v) is 18.9. The maximum Gasteiger partial charge on any atom is 0.344 e. The summed E-state index contributed by atoms with van der Waals surface area (Å²) in [7, 11) is 0. The highest BCUT2D eigenvalue weighted by molar-refractivity contribution is 6.05. The molecular formula is C26H33NO4. The Bertz CT molecular complexity index is 967. The first-order valence-corrected chi connectivity index (χ1v) is 11.7. The van der Waals surface area contributed by atoms with Gasteiger partial charge in [-0.25, -0.2) is 9.59 Å². The van der Waals surface area contributed by atoms with E-state index in [9.17, 15) is 9.59 Å². The summed E-state index contributed by atoms with van der Waals surface area (Å²) in [4.78, 5) is 30.4. The van der Waals surface area contributed by atoms with Crippen molar-refractivity contribution in [3.05, 3.63) is 41.1 Å². The van der Waals surface area contributed by atoms with Gasteiger partial charge in [0, 0.05) is 11.1 Å². The van der Waals surface area contributed by atoms with Gasteiger partial charge in [-0.1, -0.05) is 45.4 Å². The third-order valence-corrected chi connectivity index (χ3v) is 6.94. The Kier molecular flexibility index (Phi) is 6.59. The van der Waals surface area contributed by atoms with Crippen molar-refractivity contribution in [2.75, 3.05) is 6.61 Å². The Balaban J connectivity index is 1.48. The topological polar surface area (TPSA) is 65.5 Å².